The Bertz CT molecular complexity index is 2060. The van der Waals surface area contributed by atoms with Crippen molar-refractivity contribution in [2.24, 2.45) is 5.92 Å². The monoisotopic (exact) mass is 857 g/mol. The summed E-state index contributed by atoms with van der Waals surface area (Å²) in [5, 5.41) is 48.2. The standard InChI is InChI=1S/C19H19NS.C18H22N2S.C4H6O6.C4H4O4/c1-20-12-10-14(11-13-20)19-15-6-2-4-8-17(15)21-18-9-5-3-7-16(18)19;1-14(12-19(2)3)13-20-15-8-4-6-10-17(15)21-18-11-7-5-9-16(18)20;5-1(3(7)8)2(6)4(9)10;5-3(6)1-2-4(7)8/h2-9H,10-13H2,1H3;4-11,14H,12-13H2,1-3H3;1-2,5-6H,(H,7,8)(H,9,10);1-2H,(H,5,6)(H,7,8). The Labute approximate surface area is 358 Å². The van der Waals surface area contributed by atoms with Crippen molar-refractivity contribution in [2.45, 2.75) is 51.6 Å². The zero-order chi connectivity index (χ0) is 43.9. The third kappa shape index (κ3) is 13.6. The number of piperidine rings is 1. The van der Waals surface area contributed by atoms with Gasteiger partial charge in [0.2, 0.25) is 0 Å². The normalized spacial score (nSPS) is 15.5. The van der Waals surface area contributed by atoms with E-state index < -0.39 is 36.1 Å². The number of likely N-dealkylation sites (tertiary alicyclic amines) is 1. The van der Waals surface area contributed by atoms with Crippen LogP contribution in [0.5, 0.6) is 0 Å². The van der Waals surface area contributed by atoms with Crippen molar-refractivity contribution in [1.82, 2.24) is 9.80 Å². The van der Waals surface area contributed by atoms with Gasteiger partial charge in [-0.15, -0.1) is 0 Å². The lowest BCUT2D eigenvalue weighted by Gasteiger charge is -2.35. The molecule has 3 aliphatic rings. The van der Waals surface area contributed by atoms with Gasteiger partial charge in [-0.05, 0) is 93.0 Å². The summed E-state index contributed by atoms with van der Waals surface area (Å²) in [6, 6.07) is 35.2. The molecular formula is C45H51N3O10S2. The average Bonchev–Trinajstić information content (AvgIpc) is 3.22. The summed E-state index contributed by atoms with van der Waals surface area (Å²) in [5.74, 6) is -5.44. The van der Waals surface area contributed by atoms with Crippen molar-refractivity contribution in [2.75, 3.05) is 52.2 Å². The van der Waals surface area contributed by atoms with Crippen molar-refractivity contribution in [3.63, 3.8) is 0 Å². The third-order valence-electron chi connectivity index (χ3n) is 9.35. The zero-order valence-electron chi connectivity index (χ0n) is 33.8. The van der Waals surface area contributed by atoms with Crippen molar-refractivity contribution in [3.05, 3.63) is 126 Å². The molecular weight excluding hydrogens is 807 g/mol. The number of benzene rings is 4. The number of aliphatic hydroxyl groups is 2. The highest BCUT2D eigenvalue weighted by Crippen LogP contribution is 2.49. The molecule has 3 unspecified atom stereocenters. The number of hydrogen-bond acceptors (Lipinski definition) is 11. The molecule has 0 amide bonds. The van der Waals surface area contributed by atoms with Gasteiger partial charge in [-0.3, -0.25) is 0 Å². The molecule has 3 aliphatic heterocycles. The zero-order valence-corrected chi connectivity index (χ0v) is 35.5. The summed E-state index contributed by atoms with van der Waals surface area (Å²) >= 11 is 3.78. The number of anilines is 2. The van der Waals surface area contributed by atoms with Crippen LogP contribution in [0.3, 0.4) is 0 Å². The number of aliphatic carboxylic acids is 4. The van der Waals surface area contributed by atoms with Gasteiger partial charge in [-0.1, -0.05) is 96.7 Å². The largest absolute Gasteiger partial charge is 0.479 e. The fourth-order valence-electron chi connectivity index (χ4n) is 6.69. The molecule has 4 aromatic rings. The van der Waals surface area contributed by atoms with Crippen LogP contribution in [0.1, 0.15) is 30.9 Å². The van der Waals surface area contributed by atoms with Crippen LogP contribution in [0.4, 0.5) is 11.4 Å². The maximum absolute atomic E-state index is 9.77. The highest BCUT2D eigenvalue weighted by molar-refractivity contribution is 8.00. The molecule has 0 saturated carbocycles. The van der Waals surface area contributed by atoms with E-state index in [4.69, 9.17) is 30.6 Å². The smallest absolute Gasteiger partial charge is 0.335 e. The molecule has 13 nitrogen and oxygen atoms in total. The molecule has 1 fully saturated rings. The number of carboxylic acid groups (broad SMARTS) is 4. The first kappa shape index (κ1) is 47.3. The number of nitrogens with zero attached hydrogens (tertiary/aromatic N) is 3. The van der Waals surface area contributed by atoms with Crippen molar-refractivity contribution in [1.29, 1.82) is 0 Å². The van der Waals surface area contributed by atoms with Crippen LogP contribution in [-0.4, -0.2) is 124 Å². The van der Waals surface area contributed by atoms with Gasteiger partial charge >= 0.3 is 23.9 Å². The molecule has 7 rings (SSSR count). The fraction of sp³-hybridized carbons (Fsp3) is 0.289. The number of rotatable bonds is 9. The Morgan fingerprint density at radius 1 is 0.650 bits per heavy atom. The van der Waals surface area contributed by atoms with Gasteiger partial charge in [-0.25, -0.2) is 19.2 Å². The molecule has 0 spiro atoms. The summed E-state index contributed by atoms with van der Waals surface area (Å²) in [6.45, 7) is 6.83. The van der Waals surface area contributed by atoms with Gasteiger partial charge in [0, 0.05) is 57.9 Å². The molecule has 0 aliphatic carbocycles. The number of aliphatic hydroxyl groups excluding tert-OH is 2. The summed E-state index contributed by atoms with van der Waals surface area (Å²) in [4.78, 5) is 51.3. The lowest BCUT2D eigenvalue weighted by Crippen LogP contribution is -2.39. The van der Waals surface area contributed by atoms with E-state index in [9.17, 15) is 19.2 Å². The van der Waals surface area contributed by atoms with E-state index in [1.54, 1.807) is 5.57 Å². The van der Waals surface area contributed by atoms with Gasteiger partial charge in [-0.2, -0.15) is 0 Å². The van der Waals surface area contributed by atoms with Gasteiger partial charge < -0.3 is 45.3 Å². The molecule has 0 radical (unpaired) electrons. The first-order valence-electron chi connectivity index (χ1n) is 19.1. The summed E-state index contributed by atoms with van der Waals surface area (Å²) < 4.78 is 0. The highest BCUT2D eigenvalue weighted by atomic mass is 32.2. The van der Waals surface area contributed by atoms with Crippen molar-refractivity contribution < 1.29 is 49.8 Å². The SMILES string of the molecule is CC(CN(C)C)CN1c2ccccc2Sc2ccccc21.CN1CCC(=C2c3ccccc3Sc3ccccc32)CC1.O=C(O)C(O)C(O)C(=O)O.O=C(O)C=CC(=O)O. The van der Waals surface area contributed by atoms with Crippen LogP contribution in [0.2, 0.25) is 0 Å². The fourth-order valence-corrected chi connectivity index (χ4v) is 8.88. The lowest BCUT2D eigenvalue weighted by atomic mass is 9.88. The number of fused-ring (bicyclic) bond motifs is 4. The molecule has 4 aromatic carbocycles. The van der Waals surface area contributed by atoms with Crippen molar-refractivity contribution >= 4 is 64.3 Å². The Morgan fingerprint density at radius 2 is 1.03 bits per heavy atom. The van der Waals surface area contributed by atoms with E-state index in [2.05, 4.69) is 140 Å². The van der Waals surface area contributed by atoms with Gasteiger partial charge in [0.05, 0.1) is 11.4 Å². The first-order chi connectivity index (χ1) is 28.6. The summed E-state index contributed by atoms with van der Waals surface area (Å²) in [6.07, 6.45) is -1.03. The van der Waals surface area contributed by atoms with Crippen molar-refractivity contribution in [3.8, 4) is 0 Å². The molecule has 6 N–H and O–H groups in total. The molecule has 15 heteroatoms. The number of carboxylic acids is 4. The van der Waals surface area contributed by atoms with Gasteiger partial charge in [0.15, 0.2) is 12.2 Å². The topological polar surface area (TPSA) is 199 Å². The number of para-hydroxylation sites is 2. The van der Waals surface area contributed by atoms with E-state index in [0.717, 1.165) is 13.1 Å². The first-order valence-corrected chi connectivity index (χ1v) is 20.7. The maximum Gasteiger partial charge on any atom is 0.335 e. The lowest BCUT2D eigenvalue weighted by molar-refractivity contribution is -0.165. The molecule has 0 aromatic heterocycles. The molecule has 1 saturated heterocycles. The number of hydrogen-bond donors (Lipinski definition) is 6. The summed E-state index contributed by atoms with van der Waals surface area (Å²) in [7, 11) is 6.51. The van der Waals surface area contributed by atoms with E-state index >= 15 is 0 Å². The van der Waals surface area contributed by atoms with Crippen LogP contribution >= 0.6 is 23.5 Å². The van der Waals surface area contributed by atoms with Gasteiger partial charge in [0.1, 0.15) is 0 Å². The molecule has 60 heavy (non-hydrogen) atoms. The van der Waals surface area contributed by atoms with Crippen LogP contribution < -0.4 is 4.90 Å². The quantitative estimate of drug-likeness (QED) is 0.0850. The maximum atomic E-state index is 9.77. The Morgan fingerprint density at radius 3 is 1.43 bits per heavy atom. The summed E-state index contributed by atoms with van der Waals surface area (Å²) in [5.41, 5.74) is 8.68. The van der Waals surface area contributed by atoms with E-state index in [1.807, 2.05) is 23.5 Å². The van der Waals surface area contributed by atoms with E-state index in [1.165, 1.54) is 73.6 Å². The Kier molecular flexibility index (Phi) is 18.0. The Hall–Kier alpha value is -5.42. The average molecular weight is 858 g/mol. The molecule has 318 valence electrons. The van der Waals surface area contributed by atoms with Crippen LogP contribution in [0, 0.1) is 5.92 Å². The van der Waals surface area contributed by atoms with Gasteiger partial charge in [0.25, 0.3) is 0 Å². The van der Waals surface area contributed by atoms with Crippen LogP contribution in [0.25, 0.3) is 5.57 Å². The second-order valence-electron chi connectivity index (χ2n) is 14.5. The second kappa shape index (κ2) is 22.8. The third-order valence-corrected chi connectivity index (χ3v) is 11.6. The minimum Gasteiger partial charge on any atom is -0.479 e. The minimum atomic E-state index is -2.27. The van der Waals surface area contributed by atoms with E-state index in [-0.39, 0.29) is 0 Å². The highest BCUT2D eigenvalue weighted by Gasteiger charge is 2.29. The van der Waals surface area contributed by atoms with E-state index in [0.29, 0.717) is 18.1 Å². The van der Waals surface area contributed by atoms with Crippen LogP contribution in [0.15, 0.2) is 134 Å². The predicted molar refractivity (Wildman–Crippen MR) is 233 cm³/mol. The minimum absolute atomic E-state index is 0.558. The molecule has 3 heterocycles. The van der Waals surface area contributed by atoms with Crippen LogP contribution in [-0.2, 0) is 19.2 Å². The predicted octanol–water partition coefficient (Wildman–Crippen LogP) is 6.75. The molecule has 0 bridgehead atoms. The number of carbonyl (C=O) groups is 4. The second-order valence-corrected chi connectivity index (χ2v) is 16.6. The Balaban J connectivity index is 0.000000191. The molecule has 3 atom stereocenters.